The molecule has 0 aliphatic heterocycles. The number of hydrogen-bond donors (Lipinski definition) is 1. The maximum atomic E-state index is 13.5. The van der Waals surface area contributed by atoms with E-state index in [1.165, 1.54) is 12.1 Å². The first kappa shape index (κ1) is 11.7. The lowest BCUT2D eigenvalue weighted by Gasteiger charge is -2.13. The van der Waals surface area contributed by atoms with Crippen LogP contribution < -0.4 is 5.73 Å². The zero-order chi connectivity index (χ0) is 12.4. The molecular weight excluding hydrogens is 224 g/mol. The maximum absolute atomic E-state index is 13.5. The second kappa shape index (κ2) is 4.63. The third-order valence-electron chi connectivity index (χ3n) is 2.52. The average Bonchev–Trinajstić information content (AvgIpc) is 2.63. The summed E-state index contributed by atoms with van der Waals surface area (Å²) in [6.07, 6.45) is 1.77. The van der Waals surface area contributed by atoms with Crippen LogP contribution in [0.3, 0.4) is 0 Å². The van der Waals surface area contributed by atoms with E-state index in [9.17, 15) is 8.78 Å². The van der Waals surface area contributed by atoms with Crippen LogP contribution in [-0.2, 0) is 6.54 Å². The molecule has 5 heteroatoms. The van der Waals surface area contributed by atoms with Crippen molar-refractivity contribution in [2.24, 2.45) is 5.73 Å². The summed E-state index contributed by atoms with van der Waals surface area (Å²) in [5.41, 5.74) is 7.03. The zero-order valence-corrected chi connectivity index (χ0v) is 9.40. The van der Waals surface area contributed by atoms with Crippen molar-refractivity contribution in [3.63, 3.8) is 0 Å². The molecule has 17 heavy (non-hydrogen) atoms. The van der Waals surface area contributed by atoms with Crippen molar-refractivity contribution in [2.75, 3.05) is 0 Å². The molecule has 0 bridgehead atoms. The second-order valence-electron chi connectivity index (χ2n) is 3.95. The summed E-state index contributed by atoms with van der Waals surface area (Å²) in [5.74, 6) is -1.23. The van der Waals surface area contributed by atoms with Crippen LogP contribution in [0, 0.1) is 18.6 Å². The molecule has 1 aromatic heterocycles. The normalized spacial score (nSPS) is 12.7. The molecule has 2 rings (SSSR count). The number of rotatable bonds is 3. The van der Waals surface area contributed by atoms with Gasteiger partial charge in [-0.1, -0.05) is 6.07 Å². The van der Waals surface area contributed by atoms with Crippen molar-refractivity contribution in [1.82, 2.24) is 9.78 Å². The highest BCUT2D eigenvalue weighted by molar-refractivity contribution is 5.21. The number of aromatic nitrogens is 2. The molecule has 0 saturated heterocycles. The lowest BCUT2D eigenvalue weighted by atomic mass is 10.1. The van der Waals surface area contributed by atoms with Crippen LogP contribution in [0.4, 0.5) is 8.78 Å². The van der Waals surface area contributed by atoms with E-state index in [4.69, 9.17) is 5.73 Å². The van der Waals surface area contributed by atoms with E-state index in [1.807, 2.05) is 13.0 Å². The fraction of sp³-hybridized carbons (Fsp3) is 0.250. The van der Waals surface area contributed by atoms with Gasteiger partial charge in [-0.15, -0.1) is 0 Å². The van der Waals surface area contributed by atoms with Gasteiger partial charge in [0.2, 0.25) is 0 Å². The molecule has 0 amide bonds. The molecule has 0 fully saturated rings. The predicted octanol–water partition coefficient (Wildman–Crippen LogP) is 2.17. The van der Waals surface area contributed by atoms with Gasteiger partial charge in [0.1, 0.15) is 11.6 Å². The van der Waals surface area contributed by atoms with Crippen molar-refractivity contribution in [3.8, 4) is 0 Å². The summed E-state index contributed by atoms with van der Waals surface area (Å²) in [6, 6.07) is 4.70. The minimum absolute atomic E-state index is 0.291. The Kier molecular flexibility index (Phi) is 3.19. The Bertz CT molecular complexity index is 522. The van der Waals surface area contributed by atoms with Crippen molar-refractivity contribution in [3.05, 3.63) is 53.4 Å². The summed E-state index contributed by atoms with van der Waals surface area (Å²) in [5, 5.41) is 4.16. The first-order valence-electron chi connectivity index (χ1n) is 5.27. The molecule has 2 N–H and O–H groups in total. The molecule has 1 unspecified atom stereocenters. The average molecular weight is 237 g/mol. The van der Waals surface area contributed by atoms with Crippen molar-refractivity contribution in [1.29, 1.82) is 0 Å². The minimum Gasteiger partial charge on any atom is -0.322 e. The Morgan fingerprint density at radius 3 is 2.71 bits per heavy atom. The maximum Gasteiger partial charge on any atom is 0.130 e. The van der Waals surface area contributed by atoms with Crippen molar-refractivity contribution in [2.45, 2.75) is 19.5 Å². The first-order valence-corrected chi connectivity index (χ1v) is 5.27. The van der Waals surface area contributed by atoms with E-state index in [2.05, 4.69) is 5.10 Å². The molecular formula is C12H13F2N3. The highest BCUT2D eigenvalue weighted by atomic mass is 19.1. The molecule has 2 aromatic rings. The highest BCUT2D eigenvalue weighted by Crippen LogP contribution is 2.17. The van der Waals surface area contributed by atoms with Crippen molar-refractivity contribution < 1.29 is 8.78 Å². The quantitative estimate of drug-likeness (QED) is 0.889. The van der Waals surface area contributed by atoms with Gasteiger partial charge in [0, 0.05) is 17.8 Å². The number of aryl methyl sites for hydroxylation is 1. The number of nitrogens with zero attached hydrogens (tertiary/aromatic N) is 2. The lowest BCUT2D eigenvalue weighted by Crippen LogP contribution is -2.19. The fourth-order valence-electron chi connectivity index (χ4n) is 1.67. The van der Waals surface area contributed by atoms with Gasteiger partial charge >= 0.3 is 0 Å². The van der Waals surface area contributed by atoms with E-state index < -0.39 is 17.7 Å². The van der Waals surface area contributed by atoms with Gasteiger partial charge in [-0.2, -0.15) is 5.10 Å². The minimum atomic E-state index is -0.624. The third kappa shape index (κ3) is 2.68. The molecule has 0 spiro atoms. The molecule has 3 nitrogen and oxygen atoms in total. The van der Waals surface area contributed by atoms with Gasteiger partial charge in [0.05, 0.1) is 18.3 Å². The van der Waals surface area contributed by atoms with E-state index in [1.54, 1.807) is 10.9 Å². The molecule has 0 radical (unpaired) electrons. The standard InChI is InChI=1S/C12H13F2N3/c1-8-4-5-17(16-8)7-12(15)10-3-2-9(13)6-11(10)14/h2-6,12H,7,15H2,1H3. The molecule has 1 heterocycles. The van der Waals surface area contributed by atoms with Gasteiger partial charge in [-0.3, -0.25) is 4.68 Å². The van der Waals surface area contributed by atoms with Gasteiger partial charge in [-0.05, 0) is 19.1 Å². The van der Waals surface area contributed by atoms with E-state index in [-0.39, 0.29) is 0 Å². The smallest absolute Gasteiger partial charge is 0.130 e. The number of halogens is 2. The summed E-state index contributed by atoms with van der Waals surface area (Å²) in [6.45, 7) is 2.22. The SMILES string of the molecule is Cc1ccn(CC(N)c2ccc(F)cc2F)n1. The van der Waals surface area contributed by atoms with Crippen LogP contribution in [0.15, 0.2) is 30.5 Å². The topological polar surface area (TPSA) is 43.8 Å². The Morgan fingerprint density at radius 1 is 1.35 bits per heavy atom. The van der Waals surface area contributed by atoms with Crippen LogP contribution in [0.25, 0.3) is 0 Å². The summed E-state index contributed by atoms with van der Waals surface area (Å²) >= 11 is 0. The van der Waals surface area contributed by atoms with Crippen molar-refractivity contribution >= 4 is 0 Å². The van der Waals surface area contributed by atoms with E-state index in [0.717, 1.165) is 11.8 Å². The fourth-order valence-corrected chi connectivity index (χ4v) is 1.67. The number of nitrogens with two attached hydrogens (primary N) is 1. The Hall–Kier alpha value is -1.75. The van der Waals surface area contributed by atoms with Crippen LogP contribution in [0.1, 0.15) is 17.3 Å². The zero-order valence-electron chi connectivity index (χ0n) is 9.40. The van der Waals surface area contributed by atoms with Gasteiger partial charge < -0.3 is 5.73 Å². The highest BCUT2D eigenvalue weighted by Gasteiger charge is 2.13. The largest absolute Gasteiger partial charge is 0.322 e. The van der Waals surface area contributed by atoms with E-state index >= 15 is 0 Å². The molecule has 0 aliphatic rings. The number of hydrogen-bond acceptors (Lipinski definition) is 2. The van der Waals surface area contributed by atoms with Gasteiger partial charge in [-0.25, -0.2) is 8.78 Å². The van der Waals surface area contributed by atoms with E-state index in [0.29, 0.717) is 12.1 Å². The molecule has 1 aromatic carbocycles. The predicted molar refractivity (Wildman–Crippen MR) is 60.3 cm³/mol. The van der Waals surface area contributed by atoms with Gasteiger partial charge in [0.15, 0.2) is 0 Å². The Morgan fingerprint density at radius 2 is 2.12 bits per heavy atom. The lowest BCUT2D eigenvalue weighted by molar-refractivity contribution is 0.494. The molecule has 90 valence electrons. The Labute approximate surface area is 97.9 Å². The number of benzene rings is 1. The van der Waals surface area contributed by atoms with Crippen LogP contribution in [0.5, 0.6) is 0 Å². The summed E-state index contributed by atoms with van der Waals surface area (Å²) in [7, 11) is 0. The van der Waals surface area contributed by atoms with Crippen LogP contribution in [0.2, 0.25) is 0 Å². The Balaban J connectivity index is 2.17. The second-order valence-corrected chi connectivity index (χ2v) is 3.95. The molecule has 1 atom stereocenters. The van der Waals surface area contributed by atoms with Gasteiger partial charge in [0.25, 0.3) is 0 Å². The third-order valence-corrected chi connectivity index (χ3v) is 2.52. The molecule has 0 saturated carbocycles. The first-order chi connectivity index (χ1) is 8.06. The monoisotopic (exact) mass is 237 g/mol. The summed E-state index contributed by atoms with van der Waals surface area (Å²) in [4.78, 5) is 0. The van der Waals surface area contributed by atoms with Crippen LogP contribution >= 0.6 is 0 Å². The summed E-state index contributed by atoms with van der Waals surface area (Å²) < 4.78 is 27.8. The molecule has 0 aliphatic carbocycles. The van der Waals surface area contributed by atoms with Crippen LogP contribution in [-0.4, -0.2) is 9.78 Å².